The molecule has 0 N–H and O–H groups in total. The molecule has 1 atom stereocenters. The molecule has 0 aromatic rings. The zero-order valence-electron chi connectivity index (χ0n) is 7.61. The fourth-order valence-corrected chi connectivity index (χ4v) is 1.01. The summed E-state index contributed by atoms with van der Waals surface area (Å²) < 4.78 is 39.1. The number of ether oxygens (including phenoxy) is 1. The molecule has 0 amide bonds. The van der Waals surface area contributed by atoms with Crippen molar-refractivity contribution < 1.29 is 17.9 Å². The SMILES string of the molecule is CCC(CC(C)C)OC(F)(F)F. The Morgan fingerprint density at radius 1 is 1.25 bits per heavy atom. The van der Waals surface area contributed by atoms with Gasteiger partial charge in [0.2, 0.25) is 0 Å². The van der Waals surface area contributed by atoms with Gasteiger partial charge in [0.25, 0.3) is 0 Å². The van der Waals surface area contributed by atoms with Gasteiger partial charge in [-0.2, -0.15) is 0 Å². The van der Waals surface area contributed by atoms with Gasteiger partial charge in [0.15, 0.2) is 0 Å². The molecule has 12 heavy (non-hydrogen) atoms. The first-order chi connectivity index (χ1) is 5.35. The van der Waals surface area contributed by atoms with Gasteiger partial charge in [-0.1, -0.05) is 20.8 Å². The zero-order valence-corrected chi connectivity index (χ0v) is 7.61. The molecule has 0 saturated heterocycles. The van der Waals surface area contributed by atoms with Crippen molar-refractivity contribution in [2.24, 2.45) is 5.92 Å². The fourth-order valence-electron chi connectivity index (χ4n) is 1.01. The highest BCUT2D eigenvalue weighted by Gasteiger charge is 2.32. The predicted molar refractivity (Wildman–Crippen MR) is 40.7 cm³/mol. The van der Waals surface area contributed by atoms with Crippen LogP contribution in [0.3, 0.4) is 0 Å². The summed E-state index contributed by atoms with van der Waals surface area (Å²) in [6.07, 6.45) is -4.33. The lowest BCUT2D eigenvalue weighted by Crippen LogP contribution is -2.24. The van der Waals surface area contributed by atoms with E-state index in [0.29, 0.717) is 12.8 Å². The lowest BCUT2D eigenvalue weighted by Gasteiger charge is -2.19. The first-order valence-corrected chi connectivity index (χ1v) is 4.09. The van der Waals surface area contributed by atoms with Crippen molar-refractivity contribution in [3.8, 4) is 0 Å². The molecule has 1 unspecified atom stereocenters. The Hall–Kier alpha value is -0.250. The second-order valence-electron chi connectivity index (χ2n) is 3.22. The highest BCUT2D eigenvalue weighted by atomic mass is 19.4. The van der Waals surface area contributed by atoms with Crippen LogP contribution in [-0.4, -0.2) is 12.5 Å². The van der Waals surface area contributed by atoms with Crippen LogP contribution >= 0.6 is 0 Å². The molecule has 0 aliphatic heterocycles. The Balaban J connectivity index is 3.83. The van der Waals surface area contributed by atoms with Crippen molar-refractivity contribution in [3.63, 3.8) is 0 Å². The maximum atomic E-state index is 11.7. The van der Waals surface area contributed by atoms with Crippen LogP contribution in [0.1, 0.15) is 33.6 Å². The molecule has 0 bridgehead atoms. The Kier molecular flexibility index (Phi) is 4.60. The summed E-state index contributed by atoms with van der Waals surface area (Å²) >= 11 is 0. The smallest absolute Gasteiger partial charge is 0.289 e. The molecule has 0 rings (SSSR count). The number of hydrogen-bond donors (Lipinski definition) is 0. The van der Waals surface area contributed by atoms with E-state index in [0.717, 1.165) is 0 Å². The summed E-state index contributed by atoms with van der Waals surface area (Å²) in [5, 5.41) is 0. The molecular formula is C8H15F3O. The van der Waals surface area contributed by atoms with Gasteiger partial charge in [0.1, 0.15) is 0 Å². The third kappa shape index (κ3) is 6.46. The molecule has 0 aliphatic carbocycles. The van der Waals surface area contributed by atoms with Crippen LogP contribution in [0.15, 0.2) is 0 Å². The molecule has 0 radical (unpaired) electrons. The van der Waals surface area contributed by atoms with E-state index in [-0.39, 0.29) is 5.92 Å². The maximum absolute atomic E-state index is 11.7. The van der Waals surface area contributed by atoms with Crippen LogP contribution in [0, 0.1) is 5.92 Å². The van der Waals surface area contributed by atoms with Crippen molar-refractivity contribution >= 4 is 0 Å². The number of hydrogen-bond acceptors (Lipinski definition) is 1. The summed E-state index contributed by atoms with van der Waals surface area (Å²) in [5.74, 6) is 0.234. The molecular weight excluding hydrogens is 169 g/mol. The van der Waals surface area contributed by atoms with E-state index in [1.807, 2.05) is 13.8 Å². The summed E-state index contributed by atoms with van der Waals surface area (Å²) in [7, 11) is 0. The monoisotopic (exact) mass is 184 g/mol. The van der Waals surface area contributed by atoms with E-state index in [2.05, 4.69) is 4.74 Å². The fraction of sp³-hybridized carbons (Fsp3) is 1.00. The average molecular weight is 184 g/mol. The number of alkyl halides is 3. The summed E-state index contributed by atoms with van der Waals surface area (Å²) in [5.41, 5.74) is 0. The van der Waals surface area contributed by atoms with Crippen LogP contribution < -0.4 is 0 Å². The minimum atomic E-state index is -4.49. The second kappa shape index (κ2) is 4.70. The first kappa shape index (κ1) is 11.8. The molecule has 0 spiro atoms. The average Bonchev–Trinajstić information content (AvgIpc) is 1.82. The Morgan fingerprint density at radius 2 is 1.75 bits per heavy atom. The standard InChI is InChI=1S/C8H15F3O/c1-4-7(5-6(2)3)12-8(9,10)11/h6-7H,4-5H2,1-3H3. The number of halogens is 3. The normalized spacial score (nSPS) is 15.2. The van der Waals surface area contributed by atoms with Crippen molar-refractivity contribution in [2.45, 2.75) is 46.1 Å². The quantitative estimate of drug-likeness (QED) is 0.651. The van der Waals surface area contributed by atoms with Crippen LogP contribution in [0.25, 0.3) is 0 Å². The van der Waals surface area contributed by atoms with E-state index < -0.39 is 12.5 Å². The Labute approximate surface area is 70.9 Å². The van der Waals surface area contributed by atoms with Crippen molar-refractivity contribution in [1.82, 2.24) is 0 Å². The summed E-state index contributed by atoms with van der Waals surface area (Å²) in [6, 6.07) is 0. The van der Waals surface area contributed by atoms with Gasteiger partial charge >= 0.3 is 6.36 Å². The molecule has 0 fully saturated rings. The first-order valence-electron chi connectivity index (χ1n) is 4.09. The van der Waals surface area contributed by atoms with Crippen LogP contribution in [0.5, 0.6) is 0 Å². The zero-order chi connectivity index (χ0) is 9.78. The van der Waals surface area contributed by atoms with Crippen LogP contribution in [-0.2, 0) is 4.74 Å². The molecule has 0 aliphatic rings. The molecule has 0 saturated carbocycles. The lowest BCUT2D eigenvalue weighted by molar-refractivity contribution is -0.344. The van der Waals surface area contributed by atoms with Crippen LogP contribution in [0.4, 0.5) is 13.2 Å². The Bertz CT molecular complexity index is 120. The van der Waals surface area contributed by atoms with Gasteiger partial charge in [-0.05, 0) is 18.8 Å². The molecule has 1 nitrogen and oxygen atoms in total. The van der Waals surface area contributed by atoms with Crippen LogP contribution in [0.2, 0.25) is 0 Å². The highest BCUT2D eigenvalue weighted by molar-refractivity contribution is 4.58. The van der Waals surface area contributed by atoms with E-state index in [1.54, 1.807) is 6.92 Å². The lowest BCUT2D eigenvalue weighted by atomic mass is 10.0. The van der Waals surface area contributed by atoms with E-state index >= 15 is 0 Å². The minimum Gasteiger partial charge on any atom is -0.289 e. The molecule has 0 aromatic carbocycles. The van der Waals surface area contributed by atoms with Crippen molar-refractivity contribution in [3.05, 3.63) is 0 Å². The third-order valence-corrected chi connectivity index (χ3v) is 1.49. The van der Waals surface area contributed by atoms with Crippen molar-refractivity contribution in [2.75, 3.05) is 0 Å². The number of rotatable bonds is 4. The van der Waals surface area contributed by atoms with Gasteiger partial charge in [-0.3, -0.25) is 4.74 Å². The van der Waals surface area contributed by atoms with E-state index in [9.17, 15) is 13.2 Å². The van der Waals surface area contributed by atoms with Crippen molar-refractivity contribution in [1.29, 1.82) is 0 Å². The van der Waals surface area contributed by atoms with Gasteiger partial charge in [0, 0.05) is 0 Å². The molecule has 0 heterocycles. The Morgan fingerprint density at radius 3 is 2.00 bits per heavy atom. The minimum absolute atomic E-state index is 0.234. The molecule has 0 aromatic heterocycles. The second-order valence-corrected chi connectivity index (χ2v) is 3.22. The van der Waals surface area contributed by atoms with Gasteiger partial charge in [-0.15, -0.1) is 13.2 Å². The van der Waals surface area contributed by atoms with Gasteiger partial charge in [0.05, 0.1) is 6.10 Å². The molecule has 74 valence electrons. The molecule has 4 heteroatoms. The summed E-state index contributed by atoms with van der Waals surface area (Å²) in [4.78, 5) is 0. The highest BCUT2D eigenvalue weighted by Crippen LogP contribution is 2.23. The predicted octanol–water partition coefficient (Wildman–Crippen LogP) is 3.35. The summed E-state index contributed by atoms with van der Waals surface area (Å²) in [6.45, 7) is 5.45. The van der Waals surface area contributed by atoms with E-state index in [4.69, 9.17) is 0 Å². The topological polar surface area (TPSA) is 9.23 Å². The maximum Gasteiger partial charge on any atom is 0.522 e. The largest absolute Gasteiger partial charge is 0.522 e. The van der Waals surface area contributed by atoms with Gasteiger partial charge in [-0.25, -0.2) is 0 Å². The third-order valence-electron chi connectivity index (χ3n) is 1.49. The van der Waals surface area contributed by atoms with E-state index in [1.165, 1.54) is 0 Å². The van der Waals surface area contributed by atoms with Gasteiger partial charge < -0.3 is 0 Å².